The summed E-state index contributed by atoms with van der Waals surface area (Å²) in [6.45, 7) is 8.70. The predicted molar refractivity (Wildman–Crippen MR) is 161 cm³/mol. The molecule has 0 bridgehead atoms. The molecule has 0 radical (unpaired) electrons. The van der Waals surface area contributed by atoms with E-state index < -0.39 is 0 Å². The van der Waals surface area contributed by atoms with E-state index in [1.165, 1.54) is 4.88 Å². The first-order valence-corrected chi connectivity index (χ1v) is 15.0. The van der Waals surface area contributed by atoms with Crippen molar-refractivity contribution in [3.63, 3.8) is 0 Å². The van der Waals surface area contributed by atoms with E-state index in [2.05, 4.69) is 43.0 Å². The first-order valence-electron chi connectivity index (χ1n) is 14.2. The number of aromatic nitrogens is 1. The van der Waals surface area contributed by atoms with Crippen molar-refractivity contribution >= 4 is 17.2 Å². The normalized spacial score (nSPS) is 19.2. The zero-order valence-electron chi connectivity index (χ0n) is 24.8. The van der Waals surface area contributed by atoms with Crippen molar-refractivity contribution in [1.29, 1.82) is 0 Å². The molecule has 1 amide bonds. The molecule has 1 aromatic carbocycles. The third-order valence-electron chi connectivity index (χ3n) is 8.58. The number of hydrogen-bond donors (Lipinski definition) is 1. The molecule has 0 unspecified atom stereocenters. The largest absolute Gasteiger partial charge is 0.492 e. The summed E-state index contributed by atoms with van der Waals surface area (Å²) < 4.78 is 12.9. The minimum Gasteiger partial charge on any atom is -0.492 e. The first kappa shape index (κ1) is 28.4. The van der Waals surface area contributed by atoms with Crippen molar-refractivity contribution in [2.24, 2.45) is 0 Å². The molecule has 5 rings (SSSR count). The molecular formula is C32H41N3O4S. The summed E-state index contributed by atoms with van der Waals surface area (Å²) in [4.78, 5) is 36.3. The molecule has 3 aromatic rings. The number of fused-ring (bicyclic) bond motifs is 1. The van der Waals surface area contributed by atoms with Gasteiger partial charge in [-0.3, -0.25) is 9.59 Å². The van der Waals surface area contributed by atoms with Crippen LogP contribution in [0.1, 0.15) is 68.9 Å². The Hall–Kier alpha value is -3.10. The maximum Gasteiger partial charge on any atom is 0.254 e. The minimum absolute atomic E-state index is 0.0588. The number of pyridine rings is 1. The number of aryl methyl sites for hydroxylation is 3. The van der Waals surface area contributed by atoms with Crippen molar-refractivity contribution in [2.45, 2.75) is 78.5 Å². The second-order valence-corrected chi connectivity index (χ2v) is 12.8. The Labute approximate surface area is 241 Å². The molecule has 0 spiro atoms. The van der Waals surface area contributed by atoms with Crippen LogP contribution in [0, 0.1) is 27.7 Å². The number of benzene rings is 1. The van der Waals surface area contributed by atoms with Gasteiger partial charge in [0.25, 0.3) is 11.5 Å². The van der Waals surface area contributed by atoms with Crippen LogP contribution in [0.4, 0.5) is 0 Å². The summed E-state index contributed by atoms with van der Waals surface area (Å²) in [5.74, 6) is 1.34. The topological polar surface area (TPSA) is 74.9 Å². The monoisotopic (exact) mass is 563 g/mol. The van der Waals surface area contributed by atoms with Gasteiger partial charge in [0.05, 0.1) is 25.3 Å². The summed E-state index contributed by atoms with van der Waals surface area (Å²) in [6.07, 6.45) is 4.85. The van der Waals surface area contributed by atoms with Crippen LogP contribution in [-0.4, -0.2) is 60.6 Å². The van der Waals surface area contributed by atoms with E-state index in [-0.39, 0.29) is 24.1 Å². The molecule has 2 aromatic heterocycles. The van der Waals surface area contributed by atoms with Gasteiger partial charge in [-0.1, -0.05) is 0 Å². The van der Waals surface area contributed by atoms with E-state index in [4.69, 9.17) is 9.47 Å². The zero-order chi connectivity index (χ0) is 28.7. The third-order valence-corrected chi connectivity index (χ3v) is 9.60. The van der Waals surface area contributed by atoms with Crippen LogP contribution in [-0.2, 0) is 13.0 Å². The van der Waals surface area contributed by atoms with Crippen LogP contribution < -0.4 is 15.0 Å². The van der Waals surface area contributed by atoms with E-state index >= 15 is 0 Å². The molecule has 0 saturated heterocycles. The van der Waals surface area contributed by atoms with Crippen LogP contribution in [0.15, 0.2) is 23.0 Å². The Morgan fingerprint density at radius 3 is 2.35 bits per heavy atom. The fourth-order valence-electron chi connectivity index (χ4n) is 6.36. The maximum absolute atomic E-state index is 14.2. The van der Waals surface area contributed by atoms with Gasteiger partial charge in [-0.2, -0.15) is 0 Å². The number of aromatic amines is 1. The number of methoxy groups -OCH3 is 1. The fourth-order valence-corrected chi connectivity index (χ4v) is 7.30. The van der Waals surface area contributed by atoms with Crippen molar-refractivity contribution < 1.29 is 14.3 Å². The smallest absolute Gasteiger partial charge is 0.254 e. The van der Waals surface area contributed by atoms with Gasteiger partial charge >= 0.3 is 0 Å². The SMILES string of the molecule is COc1c(OC2CCC(N(C)C)CC2)c(C)c2c(c1-c1ccc(C)s1)CCN(Cc1c(C)cc(C)[nH]c1=O)C2=O. The Kier molecular flexibility index (Phi) is 8.11. The molecule has 0 atom stereocenters. The molecule has 1 aliphatic carbocycles. The highest BCUT2D eigenvalue weighted by Gasteiger charge is 2.35. The maximum atomic E-state index is 14.2. The predicted octanol–water partition coefficient (Wildman–Crippen LogP) is 5.80. The van der Waals surface area contributed by atoms with E-state index in [0.29, 0.717) is 35.9 Å². The number of amides is 1. The highest BCUT2D eigenvalue weighted by Crippen LogP contribution is 2.49. The van der Waals surface area contributed by atoms with Crippen LogP contribution in [0.5, 0.6) is 11.5 Å². The van der Waals surface area contributed by atoms with Gasteiger partial charge in [-0.15, -0.1) is 11.3 Å². The standard InChI is InChI=1S/C32H41N3O4S/c1-18-16-19(2)33-31(36)25(18)17-35-15-14-24-27(32(35)37)21(4)29(39-23-11-9-22(10-12-23)34(5)6)30(38-7)28(24)26-13-8-20(3)40-26/h8,13,16,22-23H,9-12,14-15,17H2,1-7H3,(H,33,36). The summed E-state index contributed by atoms with van der Waals surface area (Å²) in [6, 6.07) is 6.76. The quantitative estimate of drug-likeness (QED) is 0.394. The lowest BCUT2D eigenvalue weighted by Crippen LogP contribution is -2.40. The lowest BCUT2D eigenvalue weighted by molar-refractivity contribution is 0.0722. The van der Waals surface area contributed by atoms with Gasteiger partial charge in [0.2, 0.25) is 0 Å². The van der Waals surface area contributed by atoms with Gasteiger partial charge in [0.1, 0.15) is 0 Å². The summed E-state index contributed by atoms with van der Waals surface area (Å²) >= 11 is 1.71. The highest BCUT2D eigenvalue weighted by atomic mass is 32.1. The average molecular weight is 564 g/mol. The summed E-state index contributed by atoms with van der Waals surface area (Å²) in [5.41, 5.74) is 5.71. The molecule has 214 valence electrons. The molecule has 1 aliphatic heterocycles. The lowest BCUT2D eigenvalue weighted by Gasteiger charge is -2.35. The van der Waals surface area contributed by atoms with E-state index in [9.17, 15) is 9.59 Å². The molecule has 2 aliphatic rings. The van der Waals surface area contributed by atoms with Crippen molar-refractivity contribution in [2.75, 3.05) is 27.7 Å². The van der Waals surface area contributed by atoms with E-state index in [1.54, 1.807) is 18.4 Å². The number of H-pyrrole nitrogens is 1. The van der Waals surface area contributed by atoms with Gasteiger partial charge < -0.3 is 24.3 Å². The van der Waals surface area contributed by atoms with Crippen molar-refractivity contribution in [3.8, 4) is 21.9 Å². The number of carbonyl (C=O) groups excluding carboxylic acids is 1. The highest BCUT2D eigenvalue weighted by molar-refractivity contribution is 7.15. The number of thiophene rings is 1. The van der Waals surface area contributed by atoms with Crippen molar-refractivity contribution in [3.05, 3.63) is 66.9 Å². The number of hydrogen-bond acceptors (Lipinski definition) is 6. The zero-order valence-corrected chi connectivity index (χ0v) is 25.6. The van der Waals surface area contributed by atoms with Crippen LogP contribution in [0.3, 0.4) is 0 Å². The number of nitrogens with one attached hydrogen (secondary N) is 1. The minimum atomic E-state index is -0.130. The second kappa shape index (κ2) is 11.4. The van der Waals surface area contributed by atoms with Crippen molar-refractivity contribution in [1.82, 2.24) is 14.8 Å². The molecule has 1 fully saturated rings. The molecule has 1 N–H and O–H groups in total. The van der Waals surface area contributed by atoms with E-state index in [1.807, 2.05) is 31.7 Å². The average Bonchev–Trinajstić information content (AvgIpc) is 3.34. The molecular weight excluding hydrogens is 522 g/mol. The number of carbonyl (C=O) groups is 1. The van der Waals surface area contributed by atoms with Crippen LogP contribution >= 0.6 is 11.3 Å². The Morgan fingerprint density at radius 2 is 1.75 bits per heavy atom. The van der Waals surface area contributed by atoms with Gasteiger partial charge in [-0.05, 0) is 103 Å². The molecule has 8 heteroatoms. The number of nitrogens with zero attached hydrogens (tertiary/aromatic N) is 2. The fraction of sp³-hybridized carbons (Fsp3) is 0.500. The Balaban J connectivity index is 1.58. The van der Waals surface area contributed by atoms with Gasteiger partial charge in [0, 0.05) is 44.7 Å². The lowest BCUT2D eigenvalue weighted by atomic mass is 9.87. The Bertz CT molecular complexity index is 1480. The van der Waals surface area contributed by atoms with E-state index in [0.717, 1.165) is 64.3 Å². The third kappa shape index (κ3) is 5.31. The number of ether oxygens (including phenoxy) is 2. The Morgan fingerprint density at radius 1 is 1.02 bits per heavy atom. The molecule has 1 saturated carbocycles. The summed E-state index contributed by atoms with van der Waals surface area (Å²) in [7, 11) is 5.98. The number of rotatable bonds is 7. The first-order chi connectivity index (χ1) is 19.1. The van der Waals surface area contributed by atoms with Gasteiger partial charge in [0.15, 0.2) is 11.5 Å². The van der Waals surface area contributed by atoms with Gasteiger partial charge in [-0.25, -0.2) is 0 Å². The summed E-state index contributed by atoms with van der Waals surface area (Å²) in [5, 5.41) is 0. The molecule has 7 nitrogen and oxygen atoms in total. The molecule has 3 heterocycles. The van der Waals surface area contributed by atoms with Crippen LogP contribution in [0.25, 0.3) is 10.4 Å². The second-order valence-electron chi connectivity index (χ2n) is 11.6. The van der Waals surface area contributed by atoms with Crippen LogP contribution in [0.2, 0.25) is 0 Å². The molecule has 40 heavy (non-hydrogen) atoms.